The number of para-hydroxylation sites is 1. The van der Waals surface area contributed by atoms with Crippen LogP contribution in [0.1, 0.15) is 37.3 Å². The van der Waals surface area contributed by atoms with Crippen molar-refractivity contribution in [3.05, 3.63) is 42.0 Å². The van der Waals surface area contributed by atoms with Crippen LogP contribution in [0.25, 0.3) is 0 Å². The van der Waals surface area contributed by atoms with Crippen LogP contribution in [0.4, 0.5) is 0 Å². The van der Waals surface area contributed by atoms with Gasteiger partial charge in [-0.1, -0.05) is 24.6 Å². The molecule has 1 aliphatic heterocycles. The van der Waals surface area contributed by atoms with Crippen LogP contribution < -0.4 is 15.4 Å². The van der Waals surface area contributed by atoms with E-state index in [0.29, 0.717) is 13.2 Å². The Balaban J connectivity index is 0.00000261. The number of rotatable bonds is 7. The van der Waals surface area contributed by atoms with E-state index in [2.05, 4.69) is 30.4 Å². The van der Waals surface area contributed by atoms with Crippen molar-refractivity contribution in [2.24, 2.45) is 4.99 Å². The van der Waals surface area contributed by atoms with Crippen LogP contribution in [0.15, 0.2) is 35.3 Å². The van der Waals surface area contributed by atoms with Gasteiger partial charge >= 0.3 is 0 Å². The van der Waals surface area contributed by atoms with Gasteiger partial charge in [-0.05, 0) is 31.4 Å². The maximum absolute atomic E-state index is 5.69. The minimum atomic E-state index is 0. The lowest BCUT2D eigenvalue weighted by atomic mass is 10.2. The average Bonchev–Trinajstić information content (AvgIpc) is 2.91. The van der Waals surface area contributed by atoms with Crippen molar-refractivity contribution in [2.75, 3.05) is 20.2 Å². The summed E-state index contributed by atoms with van der Waals surface area (Å²) in [5.74, 6) is 3.77. The number of guanidine groups is 1. The number of ether oxygens (including phenoxy) is 1. The van der Waals surface area contributed by atoms with E-state index in [1.807, 2.05) is 30.3 Å². The highest BCUT2D eigenvalue weighted by Crippen LogP contribution is 2.14. The van der Waals surface area contributed by atoms with Crippen molar-refractivity contribution in [3.63, 3.8) is 0 Å². The van der Waals surface area contributed by atoms with Gasteiger partial charge in [0.25, 0.3) is 0 Å². The van der Waals surface area contributed by atoms with Gasteiger partial charge in [0.1, 0.15) is 11.6 Å². The molecular formula is C19H29IN6O. The molecule has 0 unspecified atom stereocenters. The maximum atomic E-state index is 5.69. The molecule has 2 heterocycles. The first-order valence-corrected chi connectivity index (χ1v) is 9.40. The Labute approximate surface area is 178 Å². The number of aliphatic imine (C=N–C) groups is 1. The Hall–Kier alpha value is -1.84. The van der Waals surface area contributed by atoms with Crippen LogP contribution in [-0.4, -0.2) is 40.9 Å². The summed E-state index contributed by atoms with van der Waals surface area (Å²) in [6, 6.07) is 9.87. The third kappa shape index (κ3) is 6.67. The molecule has 1 aromatic heterocycles. The standard InChI is InChI=1S/C19H28N6O.HI/c1-20-19(21-12-8-14-26-16-9-4-2-5-10-16)22-15-18-24-23-17-11-6-3-7-13-25(17)18;/h2,4-5,9-10H,3,6-8,11-15H2,1H3,(H2,20,21,22);1H. The van der Waals surface area contributed by atoms with Gasteiger partial charge in [0, 0.05) is 26.6 Å². The van der Waals surface area contributed by atoms with Crippen LogP contribution >= 0.6 is 24.0 Å². The summed E-state index contributed by atoms with van der Waals surface area (Å²) in [5, 5.41) is 15.3. The van der Waals surface area contributed by atoms with E-state index in [0.717, 1.165) is 49.3 Å². The summed E-state index contributed by atoms with van der Waals surface area (Å²) in [7, 11) is 1.78. The highest BCUT2D eigenvalue weighted by Gasteiger charge is 2.14. The molecule has 0 saturated heterocycles. The summed E-state index contributed by atoms with van der Waals surface area (Å²) >= 11 is 0. The molecule has 8 heteroatoms. The molecule has 148 valence electrons. The lowest BCUT2D eigenvalue weighted by Gasteiger charge is -2.13. The van der Waals surface area contributed by atoms with Gasteiger partial charge in [0.15, 0.2) is 11.8 Å². The van der Waals surface area contributed by atoms with Gasteiger partial charge < -0.3 is 19.9 Å². The van der Waals surface area contributed by atoms with Gasteiger partial charge in [-0.15, -0.1) is 34.2 Å². The lowest BCUT2D eigenvalue weighted by molar-refractivity contribution is 0.311. The van der Waals surface area contributed by atoms with Crippen molar-refractivity contribution in [1.29, 1.82) is 0 Å². The zero-order chi connectivity index (χ0) is 18.0. The van der Waals surface area contributed by atoms with E-state index in [-0.39, 0.29) is 24.0 Å². The number of aryl methyl sites for hydroxylation is 1. The number of aromatic nitrogens is 3. The van der Waals surface area contributed by atoms with Crippen LogP contribution in [0, 0.1) is 0 Å². The zero-order valence-electron chi connectivity index (χ0n) is 15.9. The molecule has 2 N–H and O–H groups in total. The van der Waals surface area contributed by atoms with E-state index >= 15 is 0 Å². The monoisotopic (exact) mass is 484 g/mol. The second kappa shape index (κ2) is 11.8. The van der Waals surface area contributed by atoms with Gasteiger partial charge in [-0.25, -0.2) is 0 Å². The lowest BCUT2D eigenvalue weighted by Crippen LogP contribution is -2.38. The first-order chi connectivity index (χ1) is 12.9. The Morgan fingerprint density at radius 2 is 2.00 bits per heavy atom. The molecule has 0 radical (unpaired) electrons. The minimum absolute atomic E-state index is 0. The van der Waals surface area contributed by atoms with Gasteiger partial charge in [0.2, 0.25) is 0 Å². The highest BCUT2D eigenvalue weighted by atomic mass is 127. The third-order valence-electron chi connectivity index (χ3n) is 4.45. The molecule has 0 bridgehead atoms. The number of nitrogens with one attached hydrogen (secondary N) is 2. The topological polar surface area (TPSA) is 76.4 Å². The van der Waals surface area contributed by atoms with Gasteiger partial charge in [-0.2, -0.15) is 0 Å². The van der Waals surface area contributed by atoms with E-state index in [1.54, 1.807) is 7.05 Å². The van der Waals surface area contributed by atoms with Crippen molar-refractivity contribution >= 4 is 29.9 Å². The molecule has 3 rings (SSSR count). The number of fused-ring (bicyclic) bond motifs is 1. The van der Waals surface area contributed by atoms with E-state index in [1.165, 1.54) is 19.3 Å². The second-order valence-corrected chi connectivity index (χ2v) is 6.36. The van der Waals surface area contributed by atoms with Crippen LogP contribution in [0.2, 0.25) is 0 Å². The van der Waals surface area contributed by atoms with Crippen LogP contribution in [0.5, 0.6) is 5.75 Å². The zero-order valence-corrected chi connectivity index (χ0v) is 18.2. The Morgan fingerprint density at radius 1 is 1.15 bits per heavy atom. The summed E-state index contributed by atoms with van der Waals surface area (Å²) in [5.41, 5.74) is 0. The molecule has 7 nitrogen and oxygen atoms in total. The van der Waals surface area contributed by atoms with Gasteiger partial charge in [0.05, 0.1) is 13.2 Å². The molecule has 0 fully saturated rings. The first-order valence-electron chi connectivity index (χ1n) is 9.40. The van der Waals surface area contributed by atoms with Crippen molar-refractivity contribution in [1.82, 2.24) is 25.4 Å². The van der Waals surface area contributed by atoms with Crippen molar-refractivity contribution < 1.29 is 4.74 Å². The number of nitrogens with zero attached hydrogens (tertiary/aromatic N) is 4. The first kappa shape index (κ1) is 21.5. The summed E-state index contributed by atoms with van der Waals surface area (Å²) in [6.45, 7) is 3.12. The molecule has 0 aliphatic carbocycles. The normalized spacial score (nSPS) is 13.9. The molecule has 0 spiro atoms. The van der Waals surface area contributed by atoms with E-state index in [9.17, 15) is 0 Å². The minimum Gasteiger partial charge on any atom is -0.494 e. The van der Waals surface area contributed by atoms with Crippen molar-refractivity contribution in [2.45, 2.75) is 45.2 Å². The number of hydrogen-bond acceptors (Lipinski definition) is 4. The Kier molecular flexibility index (Phi) is 9.37. The highest BCUT2D eigenvalue weighted by molar-refractivity contribution is 14.0. The van der Waals surface area contributed by atoms with E-state index < -0.39 is 0 Å². The van der Waals surface area contributed by atoms with Crippen LogP contribution in [-0.2, 0) is 19.5 Å². The fraction of sp³-hybridized carbons (Fsp3) is 0.526. The second-order valence-electron chi connectivity index (χ2n) is 6.36. The molecule has 27 heavy (non-hydrogen) atoms. The summed E-state index contributed by atoms with van der Waals surface area (Å²) in [6.07, 6.45) is 5.61. The van der Waals surface area contributed by atoms with E-state index in [4.69, 9.17) is 4.74 Å². The SMILES string of the molecule is CN=C(NCCCOc1ccccc1)NCc1nnc2n1CCCCC2.I. The fourth-order valence-electron chi connectivity index (χ4n) is 3.05. The predicted molar refractivity (Wildman–Crippen MR) is 118 cm³/mol. The smallest absolute Gasteiger partial charge is 0.191 e. The molecule has 0 saturated carbocycles. The molecule has 2 aromatic rings. The number of benzene rings is 1. The fourth-order valence-corrected chi connectivity index (χ4v) is 3.05. The Bertz CT molecular complexity index is 703. The summed E-state index contributed by atoms with van der Waals surface area (Å²) < 4.78 is 7.94. The quantitative estimate of drug-likeness (QED) is 0.274. The molecule has 1 aliphatic rings. The largest absolute Gasteiger partial charge is 0.494 e. The molecule has 0 atom stereocenters. The molecule has 1 aromatic carbocycles. The average molecular weight is 484 g/mol. The summed E-state index contributed by atoms with van der Waals surface area (Å²) in [4.78, 5) is 4.27. The Morgan fingerprint density at radius 3 is 2.81 bits per heavy atom. The van der Waals surface area contributed by atoms with Gasteiger partial charge in [-0.3, -0.25) is 4.99 Å². The number of hydrogen-bond donors (Lipinski definition) is 2. The maximum Gasteiger partial charge on any atom is 0.191 e. The predicted octanol–water partition coefficient (Wildman–Crippen LogP) is 2.76. The van der Waals surface area contributed by atoms with Crippen molar-refractivity contribution in [3.8, 4) is 5.75 Å². The van der Waals surface area contributed by atoms with Crippen LogP contribution in [0.3, 0.4) is 0 Å². The number of halogens is 1. The third-order valence-corrected chi connectivity index (χ3v) is 4.45. The molecule has 0 amide bonds. The molecular weight excluding hydrogens is 455 g/mol.